The van der Waals surface area contributed by atoms with E-state index in [0.29, 0.717) is 15.6 Å². The summed E-state index contributed by atoms with van der Waals surface area (Å²) in [5.41, 5.74) is 0.902. The highest BCUT2D eigenvalue weighted by molar-refractivity contribution is 7.92. The summed E-state index contributed by atoms with van der Waals surface area (Å²) >= 11 is 24.7. The van der Waals surface area contributed by atoms with Gasteiger partial charge in [-0.3, -0.25) is 13.9 Å². The molecule has 0 heterocycles. The summed E-state index contributed by atoms with van der Waals surface area (Å²) in [7, 11) is -3.98. The summed E-state index contributed by atoms with van der Waals surface area (Å²) in [6, 6.07) is 17.4. The van der Waals surface area contributed by atoms with Gasteiger partial charge in [0.05, 0.1) is 27.0 Å². The number of halogens is 4. The van der Waals surface area contributed by atoms with E-state index in [9.17, 15) is 18.0 Å². The zero-order valence-electron chi connectivity index (χ0n) is 23.0. The fraction of sp³-hybridized carbons (Fsp3) is 0.310. The van der Waals surface area contributed by atoms with E-state index in [1.165, 1.54) is 23.1 Å². The molecule has 0 radical (unpaired) electrons. The van der Waals surface area contributed by atoms with Crippen LogP contribution in [0, 0.1) is 0 Å². The molecule has 220 valence electrons. The molecule has 2 amide bonds. The van der Waals surface area contributed by atoms with Gasteiger partial charge in [0.25, 0.3) is 0 Å². The van der Waals surface area contributed by atoms with Gasteiger partial charge in [-0.1, -0.05) is 82.8 Å². The van der Waals surface area contributed by atoms with Crippen molar-refractivity contribution in [1.29, 1.82) is 0 Å². The number of nitrogens with one attached hydrogen (secondary N) is 1. The Morgan fingerprint density at radius 2 is 1.51 bits per heavy atom. The molecule has 3 aromatic carbocycles. The lowest BCUT2D eigenvalue weighted by atomic mass is 10.0. The van der Waals surface area contributed by atoms with Crippen molar-refractivity contribution >= 4 is 73.9 Å². The predicted molar refractivity (Wildman–Crippen MR) is 167 cm³/mol. The third-order valence-corrected chi connectivity index (χ3v) is 8.37. The minimum absolute atomic E-state index is 0.0449. The molecule has 12 heteroatoms. The van der Waals surface area contributed by atoms with Gasteiger partial charge in [-0.2, -0.15) is 0 Å². The number of benzene rings is 3. The van der Waals surface area contributed by atoms with Crippen molar-refractivity contribution in [2.75, 3.05) is 17.1 Å². The molecule has 41 heavy (non-hydrogen) atoms. The van der Waals surface area contributed by atoms with Crippen LogP contribution in [0.2, 0.25) is 20.1 Å². The average Bonchev–Trinajstić information content (AvgIpc) is 2.86. The van der Waals surface area contributed by atoms with E-state index in [-0.39, 0.29) is 28.7 Å². The van der Waals surface area contributed by atoms with E-state index in [4.69, 9.17) is 46.4 Å². The van der Waals surface area contributed by atoms with Gasteiger partial charge in [0.15, 0.2) is 0 Å². The van der Waals surface area contributed by atoms with Crippen LogP contribution in [0.25, 0.3) is 0 Å². The van der Waals surface area contributed by atoms with E-state index in [1.807, 2.05) is 51.1 Å². The lowest BCUT2D eigenvalue weighted by Crippen LogP contribution is -2.56. The molecule has 0 aliphatic heterocycles. The van der Waals surface area contributed by atoms with Crippen molar-refractivity contribution in [1.82, 2.24) is 10.2 Å². The first-order valence-corrected chi connectivity index (χ1v) is 15.9. The number of carbonyl (C=O) groups is 2. The van der Waals surface area contributed by atoms with Gasteiger partial charge in [0.1, 0.15) is 12.6 Å². The summed E-state index contributed by atoms with van der Waals surface area (Å²) in [4.78, 5) is 29.2. The standard InChI is InChI=1S/C29H31Cl4N3O4S/c1-29(2,3)34-28(38)26(15-19-8-6-5-7-9-19)35(17-20-10-12-22(31)23(32)14-20)27(37)18-36(41(4,39)40)25-13-11-21(30)16-24(25)33/h5-14,16,26H,15,17-18H2,1-4H3,(H,34,38)/t26-/m0/s1. The number of hydrogen-bond donors (Lipinski definition) is 1. The molecule has 0 fully saturated rings. The number of hydrogen-bond acceptors (Lipinski definition) is 4. The maximum atomic E-state index is 14.1. The molecule has 0 aliphatic carbocycles. The Labute approximate surface area is 261 Å². The monoisotopic (exact) mass is 657 g/mol. The largest absolute Gasteiger partial charge is 0.350 e. The summed E-state index contributed by atoms with van der Waals surface area (Å²) in [6.07, 6.45) is 1.15. The molecular formula is C29H31Cl4N3O4S. The van der Waals surface area contributed by atoms with Crippen LogP contribution in [-0.2, 0) is 32.6 Å². The first-order chi connectivity index (χ1) is 19.0. The lowest BCUT2D eigenvalue weighted by molar-refractivity contribution is -0.140. The summed E-state index contributed by atoms with van der Waals surface area (Å²) in [6.45, 7) is 4.85. The third-order valence-electron chi connectivity index (χ3n) is 5.96. The molecule has 0 unspecified atom stereocenters. The highest BCUT2D eigenvalue weighted by Crippen LogP contribution is 2.31. The number of rotatable bonds is 10. The molecule has 0 saturated heterocycles. The molecule has 0 aliphatic rings. The molecule has 7 nitrogen and oxygen atoms in total. The van der Waals surface area contributed by atoms with Crippen LogP contribution in [0.1, 0.15) is 31.9 Å². The Morgan fingerprint density at radius 3 is 2.07 bits per heavy atom. The zero-order valence-corrected chi connectivity index (χ0v) is 26.8. The molecule has 3 aromatic rings. The summed E-state index contributed by atoms with van der Waals surface area (Å²) in [5.74, 6) is -1.03. The SMILES string of the molecule is CC(C)(C)NC(=O)[C@H](Cc1ccccc1)N(Cc1ccc(Cl)c(Cl)c1)C(=O)CN(c1ccc(Cl)cc1Cl)S(C)(=O)=O. The first kappa shape index (κ1) is 33.0. The molecule has 3 rings (SSSR count). The molecular weight excluding hydrogens is 628 g/mol. The van der Waals surface area contributed by atoms with Gasteiger partial charge in [-0.15, -0.1) is 0 Å². The van der Waals surface area contributed by atoms with Crippen LogP contribution in [0.15, 0.2) is 66.7 Å². The minimum atomic E-state index is -3.98. The molecule has 0 bridgehead atoms. The van der Waals surface area contributed by atoms with Gasteiger partial charge in [0.2, 0.25) is 21.8 Å². The first-order valence-electron chi connectivity index (χ1n) is 12.6. The molecule has 1 N–H and O–H groups in total. The molecule has 1 atom stereocenters. The van der Waals surface area contributed by atoms with Crippen LogP contribution >= 0.6 is 46.4 Å². The van der Waals surface area contributed by atoms with Crippen LogP contribution in [0.3, 0.4) is 0 Å². The van der Waals surface area contributed by atoms with Crippen LogP contribution in [0.4, 0.5) is 5.69 Å². The Kier molecular flexibility index (Phi) is 11.0. The Balaban J connectivity index is 2.11. The fourth-order valence-corrected chi connectivity index (χ4v) is 5.86. The van der Waals surface area contributed by atoms with Crippen LogP contribution < -0.4 is 9.62 Å². The highest BCUT2D eigenvalue weighted by atomic mass is 35.5. The van der Waals surface area contributed by atoms with Gasteiger partial charge in [0, 0.05) is 23.5 Å². The Hall–Kier alpha value is -2.49. The van der Waals surface area contributed by atoms with Crippen molar-refractivity contribution in [2.45, 2.75) is 45.3 Å². The van der Waals surface area contributed by atoms with Crippen molar-refractivity contribution < 1.29 is 18.0 Å². The topological polar surface area (TPSA) is 86.8 Å². The maximum Gasteiger partial charge on any atom is 0.244 e. The predicted octanol–water partition coefficient (Wildman–Crippen LogP) is 6.62. The number of nitrogens with zero attached hydrogens (tertiary/aromatic N) is 2. The fourth-order valence-electron chi connectivity index (χ4n) is 4.12. The van der Waals surface area contributed by atoms with Crippen molar-refractivity contribution in [2.24, 2.45) is 0 Å². The number of carbonyl (C=O) groups excluding carboxylic acids is 2. The summed E-state index contributed by atoms with van der Waals surface area (Å²) < 4.78 is 26.7. The van der Waals surface area contributed by atoms with E-state index >= 15 is 0 Å². The summed E-state index contributed by atoms with van der Waals surface area (Å²) in [5, 5.41) is 3.94. The normalized spacial score (nSPS) is 12.5. The Morgan fingerprint density at radius 1 is 0.854 bits per heavy atom. The number of sulfonamides is 1. The molecule has 0 aromatic heterocycles. The van der Waals surface area contributed by atoms with E-state index in [2.05, 4.69) is 5.32 Å². The second-order valence-electron chi connectivity index (χ2n) is 10.6. The van der Waals surface area contributed by atoms with E-state index in [1.54, 1.807) is 18.2 Å². The van der Waals surface area contributed by atoms with Crippen molar-refractivity contribution in [3.05, 3.63) is 97.9 Å². The second kappa shape index (κ2) is 13.7. The molecule has 0 saturated carbocycles. The smallest absolute Gasteiger partial charge is 0.244 e. The maximum absolute atomic E-state index is 14.1. The lowest BCUT2D eigenvalue weighted by Gasteiger charge is -2.35. The van der Waals surface area contributed by atoms with Gasteiger partial charge in [-0.25, -0.2) is 8.42 Å². The average molecular weight is 659 g/mol. The molecule has 0 spiro atoms. The van der Waals surface area contributed by atoms with Gasteiger partial charge >= 0.3 is 0 Å². The highest BCUT2D eigenvalue weighted by Gasteiger charge is 2.34. The van der Waals surface area contributed by atoms with Crippen molar-refractivity contribution in [3.8, 4) is 0 Å². The number of anilines is 1. The number of amides is 2. The third kappa shape index (κ3) is 9.51. The van der Waals surface area contributed by atoms with Crippen LogP contribution in [0.5, 0.6) is 0 Å². The Bertz CT molecular complexity index is 1510. The van der Waals surface area contributed by atoms with Crippen LogP contribution in [-0.4, -0.2) is 49.5 Å². The van der Waals surface area contributed by atoms with Gasteiger partial charge < -0.3 is 10.2 Å². The zero-order chi connectivity index (χ0) is 30.5. The van der Waals surface area contributed by atoms with Crippen molar-refractivity contribution in [3.63, 3.8) is 0 Å². The van der Waals surface area contributed by atoms with E-state index < -0.39 is 40.0 Å². The van der Waals surface area contributed by atoms with Gasteiger partial charge in [-0.05, 0) is 62.2 Å². The minimum Gasteiger partial charge on any atom is -0.350 e. The van der Waals surface area contributed by atoms with E-state index in [0.717, 1.165) is 16.1 Å². The quantitative estimate of drug-likeness (QED) is 0.265. The second-order valence-corrected chi connectivity index (χ2v) is 14.1.